The van der Waals surface area contributed by atoms with Crippen LogP contribution in [-0.4, -0.2) is 33.4 Å². The van der Waals surface area contributed by atoms with Crippen molar-refractivity contribution in [3.63, 3.8) is 0 Å². The highest BCUT2D eigenvalue weighted by molar-refractivity contribution is 7.84. The molecule has 0 saturated heterocycles. The van der Waals surface area contributed by atoms with Gasteiger partial charge >= 0.3 is 0 Å². The molecule has 3 nitrogen and oxygen atoms in total. The Morgan fingerprint density at radius 2 is 2.00 bits per heavy atom. The Hall–Kier alpha value is -0.810. The van der Waals surface area contributed by atoms with Gasteiger partial charge in [-0.15, -0.1) is 0 Å². The normalized spacial score (nSPS) is 15.5. The van der Waals surface area contributed by atoms with Gasteiger partial charge < -0.3 is 5.32 Å². The van der Waals surface area contributed by atoms with Crippen molar-refractivity contribution in [3.8, 4) is 0 Å². The van der Waals surface area contributed by atoms with E-state index in [9.17, 15) is 9.00 Å². The number of amides is 1. The van der Waals surface area contributed by atoms with Crippen molar-refractivity contribution >= 4 is 29.3 Å². The first kappa shape index (κ1) is 16.2. The molecule has 3 atom stereocenters. The molecule has 0 radical (unpaired) electrons. The molecule has 106 valence electrons. The lowest BCUT2D eigenvalue weighted by atomic mass is 10.1. The predicted octanol–water partition coefficient (Wildman–Crippen LogP) is 1.80. The minimum atomic E-state index is -0.814. The third-order valence-corrected chi connectivity index (χ3v) is 4.03. The fraction of sp³-hybridized carbons (Fsp3) is 0.500. The second kappa shape index (κ2) is 8.38. The maximum Gasteiger partial charge on any atom is 0.233 e. The van der Waals surface area contributed by atoms with Gasteiger partial charge in [0.2, 0.25) is 5.91 Å². The van der Waals surface area contributed by atoms with Crippen LogP contribution in [0, 0.1) is 0 Å². The Bertz CT molecular complexity index is 423. The smallest absolute Gasteiger partial charge is 0.233 e. The van der Waals surface area contributed by atoms with Gasteiger partial charge in [-0.3, -0.25) is 9.00 Å². The van der Waals surface area contributed by atoms with Gasteiger partial charge in [0.05, 0.1) is 5.25 Å². The second-order valence-corrected chi connectivity index (χ2v) is 6.86. The molecule has 0 bridgehead atoms. The largest absolute Gasteiger partial charge is 0.353 e. The second-order valence-electron chi connectivity index (χ2n) is 4.68. The number of thiol groups is 1. The first-order valence-corrected chi connectivity index (χ1v) is 8.55. The van der Waals surface area contributed by atoms with E-state index in [0.717, 1.165) is 12.0 Å². The van der Waals surface area contributed by atoms with Gasteiger partial charge in [0.1, 0.15) is 0 Å². The van der Waals surface area contributed by atoms with E-state index in [0.29, 0.717) is 12.2 Å². The van der Waals surface area contributed by atoms with Crippen molar-refractivity contribution in [2.24, 2.45) is 0 Å². The first-order chi connectivity index (χ1) is 8.99. The summed E-state index contributed by atoms with van der Waals surface area (Å²) in [5, 5.41) is 2.56. The highest BCUT2D eigenvalue weighted by Crippen LogP contribution is 2.08. The average molecular weight is 299 g/mol. The molecule has 1 aromatic carbocycles. The Morgan fingerprint density at radius 1 is 1.37 bits per heavy atom. The highest BCUT2D eigenvalue weighted by atomic mass is 32.2. The maximum atomic E-state index is 11.9. The number of hydrogen-bond acceptors (Lipinski definition) is 3. The molecule has 1 aromatic rings. The molecule has 0 spiro atoms. The number of carbonyl (C=O) groups is 1. The van der Waals surface area contributed by atoms with Crippen LogP contribution < -0.4 is 5.32 Å². The molecule has 0 aliphatic rings. The Morgan fingerprint density at radius 3 is 2.58 bits per heavy atom. The van der Waals surface area contributed by atoms with Crippen LogP contribution in [0.5, 0.6) is 0 Å². The molecule has 0 aliphatic heterocycles. The van der Waals surface area contributed by atoms with Crippen LogP contribution in [0.2, 0.25) is 0 Å². The molecular weight excluding hydrogens is 278 g/mol. The molecule has 0 heterocycles. The van der Waals surface area contributed by atoms with E-state index >= 15 is 0 Å². The Balaban J connectivity index is 2.38. The van der Waals surface area contributed by atoms with E-state index in [1.807, 2.05) is 37.3 Å². The summed E-state index contributed by atoms with van der Waals surface area (Å²) in [5.74, 6) is 0.541. The van der Waals surface area contributed by atoms with Crippen LogP contribution in [-0.2, 0) is 22.0 Å². The van der Waals surface area contributed by atoms with E-state index in [2.05, 4.69) is 17.9 Å². The standard InChI is InChI=1S/C14H21NO2S2/c1-11(8-9-19(2)17)15-14(16)13(18)10-12-6-4-3-5-7-12/h3-7,11,13,18H,8-10H2,1-2H3,(H,15,16). The number of hydrogen-bond donors (Lipinski definition) is 2. The minimum Gasteiger partial charge on any atom is -0.353 e. The van der Waals surface area contributed by atoms with Crippen molar-refractivity contribution in [1.29, 1.82) is 0 Å². The lowest BCUT2D eigenvalue weighted by molar-refractivity contribution is -0.121. The molecule has 19 heavy (non-hydrogen) atoms. The summed E-state index contributed by atoms with van der Waals surface area (Å²) in [4.78, 5) is 11.9. The molecule has 0 fully saturated rings. The third-order valence-electron chi connectivity index (χ3n) is 2.80. The zero-order valence-electron chi connectivity index (χ0n) is 11.3. The summed E-state index contributed by atoms with van der Waals surface area (Å²) >= 11 is 4.35. The Labute approximate surface area is 123 Å². The van der Waals surface area contributed by atoms with Gasteiger partial charge in [0.15, 0.2) is 0 Å². The van der Waals surface area contributed by atoms with E-state index in [1.54, 1.807) is 6.26 Å². The summed E-state index contributed by atoms with van der Waals surface area (Å²) < 4.78 is 11.0. The highest BCUT2D eigenvalue weighted by Gasteiger charge is 2.16. The van der Waals surface area contributed by atoms with Gasteiger partial charge in [0.25, 0.3) is 0 Å². The van der Waals surface area contributed by atoms with E-state index in [-0.39, 0.29) is 17.2 Å². The van der Waals surface area contributed by atoms with Crippen LogP contribution >= 0.6 is 12.6 Å². The van der Waals surface area contributed by atoms with E-state index < -0.39 is 10.8 Å². The molecule has 0 saturated carbocycles. The first-order valence-electron chi connectivity index (χ1n) is 6.31. The van der Waals surface area contributed by atoms with Crippen LogP contribution in [0.1, 0.15) is 18.9 Å². The summed E-state index contributed by atoms with van der Waals surface area (Å²) in [6, 6.07) is 9.85. The molecule has 0 aromatic heterocycles. The number of carbonyl (C=O) groups excluding carboxylic acids is 1. The van der Waals surface area contributed by atoms with Crippen molar-refractivity contribution in [1.82, 2.24) is 5.32 Å². The summed E-state index contributed by atoms with van der Waals surface area (Å²) in [6.07, 6.45) is 3.01. The van der Waals surface area contributed by atoms with Gasteiger partial charge in [-0.05, 0) is 25.3 Å². The van der Waals surface area contributed by atoms with Crippen LogP contribution in [0.4, 0.5) is 0 Å². The zero-order chi connectivity index (χ0) is 14.3. The summed E-state index contributed by atoms with van der Waals surface area (Å²) in [7, 11) is -0.814. The van der Waals surface area contributed by atoms with Gasteiger partial charge in [-0.1, -0.05) is 30.3 Å². The lowest BCUT2D eigenvalue weighted by Gasteiger charge is -2.16. The van der Waals surface area contributed by atoms with Crippen molar-refractivity contribution in [3.05, 3.63) is 35.9 Å². The maximum absolute atomic E-state index is 11.9. The van der Waals surface area contributed by atoms with Gasteiger partial charge in [0, 0.05) is 28.9 Å². The number of benzene rings is 1. The number of rotatable bonds is 7. The topological polar surface area (TPSA) is 46.2 Å². The zero-order valence-corrected chi connectivity index (χ0v) is 13.0. The monoisotopic (exact) mass is 299 g/mol. The molecule has 3 unspecified atom stereocenters. The van der Waals surface area contributed by atoms with Crippen LogP contribution in [0.3, 0.4) is 0 Å². The molecule has 5 heteroatoms. The fourth-order valence-corrected chi connectivity index (χ4v) is 2.65. The van der Waals surface area contributed by atoms with E-state index in [1.165, 1.54) is 0 Å². The van der Waals surface area contributed by atoms with Crippen molar-refractivity contribution in [2.45, 2.75) is 31.1 Å². The van der Waals surface area contributed by atoms with Gasteiger partial charge in [-0.25, -0.2) is 0 Å². The SMILES string of the molecule is CC(CCS(C)=O)NC(=O)C(S)Cc1ccccc1. The van der Waals surface area contributed by atoms with Crippen LogP contribution in [0.15, 0.2) is 30.3 Å². The fourth-order valence-electron chi connectivity index (χ4n) is 1.68. The predicted molar refractivity (Wildman–Crippen MR) is 84.1 cm³/mol. The quantitative estimate of drug-likeness (QED) is 0.754. The molecule has 1 amide bonds. The van der Waals surface area contributed by atoms with Crippen molar-refractivity contribution in [2.75, 3.05) is 12.0 Å². The number of nitrogens with one attached hydrogen (secondary N) is 1. The lowest BCUT2D eigenvalue weighted by Crippen LogP contribution is -2.39. The molecule has 0 aliphatic carbocycles. The van der Waals surface area contributed by atoms with Gasteiger partial charge in [-0.2, -0.15) is 12.6 Å². The Kier molecular flexibility index (Phi) is 7.16. The van der Waals surface area contributed by atoms with Crippen LogP contribution in [0.25, 0.3) is 0 Å². The van der Waals surface area contributed by atoms with E-state index in [4.69, 9.17) is 0 Å². The van der Waals surface area contributed by atoms with Crippen molar-refractivity contribution < 1.29 is 9.00 Å². The summed E-state index contributed by atoms with van der Waals surface area (Å²) in [5.41, 5.74) is 1.10. The molecule has 1 rings (SSSR count). The summed E-state index contributed by atoms with van der Waals surface area (Å²) in [6.45, 7) is 1.92. The third kappa shape index (κ3) is 6.78. The molecule has 1 N–H and O–H groups in total. The molecular formula is C14H21NO2S2. The minimum absolute atomic E-state index is 0.0295. The average Bonchev–Trinajstić information content (AvgIpc) is 2.37.